The Kier molecular flexibility index (Phi) is 6.41. The van der Waals surface area contributed by atoms with Gasteiger partial charge in [0.15, 0.2) is 11.5 Å². The van der Waals surface area contributed by atoms with Crippen molar-refractivity contribution < 1.29 is 27.8 Å². The van der Waals surface area contributed by atoms with E-state index in [9.17, 15) is 18.4 Å². The van der Waals surface area contributed by atoms with Crippen LogP contribution in [0.4, 0.5) is 8.78 Å². The van der Waals surface area contributed by atoms with Gasteiger partial charge in [0.2, 0.25) is 0 Å². The predicted octanol–water partition coefficient (Wildman–Crippen LogP) is 3.37. The maximum atomic E-state index is 12.4. The van der Waals surface area contributed by atoms with Crippen molar-refractivity contribution >= 4 is 17.7 Å². The number of aromatic nitrogens is 2. The zero-order valence-electron chi connectivity index (χ0n) is 16.2. The second-order valence-corrected chi connectivity index (χ2v) is 6.18. The van der Waals surface area contributed by atoms with Gasteiger partial charge in [-0.25, -0.2) is 9.78 Å². The van der Waals surface area contributed by atoms with Gasteiger partial charge in [-0.15, -0.1) is 0 Å². The van der Waals surface area contributed by atoms with E-state index in [1.807, 2.05) is 0 Å². The average molecular weight is 416 g/mol. The van der Waals surface area contributed by atoms with Crippen molar-refractivity contribution in [3.05, 3.63) is 75.8 Å². The first kappa shape index (κ1) is 21.0. The second kappa shape index (κ2) is 9.17. The number of benzene rings is 1. The van der Waals surface area contributed by atoms with Crippen molar-refractivity contribution in [1.82, 2.24) is 9.38 Å². The van der Waals surface area contributed by atoms with E-state index >= 15 is 0 Å². The summed E-state index contributed by atoms with van der Waals surface area (Å²) in [4.78, 5) is 28.5. The fourth-order valence-electron chi connectivity index (χ4n) is 2.78. The minimum atomic E-state index is -2.98. The lowest BCUT2D eigenvalue weighted by atomic mass is 10.2. The molecular weight excluding hydrogens is 398 g/mol. The predicted molar refractivity (Wildman–Crippen MR) is 105 cm³/mol. The Morgan fingerprint density at radius 1 is 1.20 bits per heavy atom. The molecule has 0 aliphatic heterocycles. The lowest BCUT2D eigenvalue weighted by Gasteiger charge is -2.10. The molecule has 0 aliphatic rings. The van der Waals surface area contributed by atoms with Gasteiger partial charge in [0.25, 0.3) is 5.56 Å². The van der Waals surface area contributed by atoms with Crippen LogP contribution in [0.25, 0.3) is 11.7 Å². The highest BCUT2D eigenvalue weighted by Crippen LogP contribution is 2.29. The number of carbonyl (C=O) groups is 1. The molecule has 0 saturated heterocycles. The van der Waals surface area contributed by atoms with Gasteiger partial charge in [0.05, 0.1) is 12.8 Å². The number of aryl methyl sites for hydroxylation is 1. The summed E-state index contributed by atoms with van der Waals surface area (Å²) in [5, 5.41) is 0. The molecule has 0 spiro atoms. The molecule has 0 radical (unpaired) electrons. The van der Waals surface area contributed by atoms with Gasteiger partial charge in [-0.1, -0.05) is 12.1 Å². The molecular formula is C21H18F2N2O5. The number of nitrogens with zero attached hydrogens (tertiary/aromatic N) is 2. The third-order valence-electron chi connectivity index (χ3n) is 4.11. The van der Waals surface area contributed by atoms with E-state index in [0.717, 1.165) is 5.69 Å². The number of methoxy groups -OCH3 is 1. The number of pyridine rings is 1. The Balaban J connectivity index is 1.67. The van der Waals surface area contributed by atoms with Gasteiger partial charge in [0.1, 0.15) is 12.3 Å². The number of carbonyl (C=O) groups excluding carboxylic acids is 1. The fraction of sp³-hybridized carbons (Fsp3) is 0.190. The van der Waals surface area contributed by atoms with Gasteiger partial charge >= 0.3 is 12.6 Å². The molecule has 2 aromatic heterocycles. The van der Waals surface area contributed by atoms with Crippen LogP contribution in [-0.2, 0) is 16.1 Å². The molecule has 0 unspecified atom stereocenters. The van der Waals surface area contributed by atoms with E-state index in [1.165, 1.54) is 47.9 Å². The number of alkyl halides is 2. The minimum Gasteiger partial charge on any atom is -0.493 e. The smallest absolute Gasteiger partial charge is 0.387 e. The quantitative estimate of drug-likeness (QED) is 0.434. The number of hydrogen-bond acceptors (Lipinski definition) is 6. The van der Waals surface area contributed by atoms with E-state index in [4.69, 9.17) is 9.47 Å². The standard InChI is InChI=1S/C21H18F2N2O5/c1-13-4-3-5-18-24-15(11-19(26)25(13)18)12-29-20(27)9-7-14-6-8-16(30-21(22)23)17(10-14)28-2/h3-11,21H,12H2,1-2H3/b9-7+. The van der Waals surface area contributed by atoms with Crippen LogP contribution in [0.5, 0.6) is 11.5 Å². The first-order valence-electron chi connectivity index (χ1n) is 8.83. The molecule has 0 saturated carbocycles. The Labute approximate surface area is 170 Å². The number of halogens is 2. The molecule has 3 rings (SSSR count). The summed E-state index contributed by atoms with van der Waals surface area (Å²) in [7, 11) is 1.32. The molecule has 0 amide bonds. The van der Waals surface area contributed by atoms with Crippen molar-refractivity contribution in [1.29, 1.82) is 0 Å². The van der Waals surface area contributed by atoms with Crippen molar-refractivity contribution in [2.45, 2.75) is 20.1 Å². The highest BCUT2D eigenvalue weighted by molar-refractivity contribution is 5.87. The molecule has 1 aromatic carbocycles. The highest BCUT2D eigenvalue weighted by atomic mass is 19.3. The molecule has 0 fully saturated rings. The van der Waals surface area contributed by atoms with E-state index in [0.29, 0.717) is 16.9 Å². The summed E-state index contributed by atoms with van der Waals surface area (Å²) >= 11 is 0. The maximum Gasteiger partial charge on any atom is 0.387 e. The monoisotopic (exact) mass is 416 g/mol. The van der Waals surface area contributed by atoms with Crippen LogP contribution in [0, 0.1) is 6.92 Å². The molecule has 30 heavy (non-hydrogen) atoms. The van der Waals surface area contributed by atoms with Crippen LogP contribution in [0.1, 0.15) is 17.0 Å². The average Bonchev–Trinajstić information content (AvgIpc) is 2.71. The van der Waals surface area contributed by atoms with Crippen LogP contribution >= 0.6 is 0 Å². The van der Waals surface area contributed by atoms with Crippen LogP contribution in [0.3, 0.4) is 0 Å². The number of hydrogen-bond donors (Lipinski definition) is 0. The molecule has 7 nitrogen and oxygen atoms in total. The van der Waals surface area contributed by atoms with Gasteiger partial charge in [-0.3, -0.25) is 9.20 Å². The zero-order chi connectivity index (χ0) is 21.7. The van der Waals surface area contributed by atoms with Crippen molar-refractivity contribution in [2.75, 3.05) is 7.11 Å². The van der Waals surface area contributed by atoms with Crippen molar-refractivity contribution in [3.63, 3.8) is 0 Å². The molecule has 0 bridgehead atoms. The van der Waals surface area contributed by atoms with Crippen LogP contribution in [-0.4, -0.2) is 29.1 Å². The first-order valence-corrected chi connectivity index (χ1v) is 8.83. The van der Waals surface area contributed by atoms with E-state index < -0.39 is 12.6 Å². The first-order chi connectivity index (χ1) is 14.4. The van der Waals surface area contributed by atoms with E-state index in [1.54, 1.807) is 25.1 Å². The Bertz CT molecular complexity index is 1160. The molecule has 2 heterocycles. The number of fused-ring (bicyclic) bond motifs is 1. The molecule has 0 atom stereocenters. The van der Waals surface area contributed by atoms with E-state index in [2.05, 4.69) is 9.72 Å². The Morgan fingerprint density at radius 3 is 2.73 bits per heavy atom. The minimum absolute atomic E-state index is 0.0990. The molecule has 9 heteroatoms. The number of rotatable bonds is 7. The van der Waals surface area contributed by atoms with Crippen LogP contribution in [0.2, 0.25) is 0 Å². The largest absolute Gasteiger partial charge is 0.493 e. The molecule has 0 aliphatic carbocycles. The zero-order valence-corrected chi connectivity index (χ0v) is 16.2. The summed E-state index contributed by atoms with van der Waals surface area (Å²) < 4.78 is 40.7. The lowest BCUT2D eigenvalue weighted by Crippen LogP contribution is -2.18. The summed E-state index contributed by atoms with van der Waals surface area (Å²) in [6, 6.07) is 10.8. The third kappa shape index (κ3) is 4.99. The summed E-state index contributed by atoms with van der Waals surface area (Å²) in [6.07, 6.45) is 2.60. The molecule has 3 aromatic rings. The molecule has 156 valence electrons. The second-order valence-electron chi connectivity index (χ2n) is 6.18. The summed E-state index contributed by atoms with van der Waals surface area (Å²) in [6.45, 7) is -1.36. The Hall–Kier alpha value is -3.75. The Morgan fingerprint density at radius 2 is 2.00 bits per heavy atom. The number of ether oxygens (including phenoxy) is 3. The third-order valence-corrected chi connectivity index (χ3v) is 4.11. The van der Waals surface area contributed by atoms with Gasteiger partial charge < -0.3 is 14.2 Å². The maximum absolute atomic E-state index is 12.4. The summed E-state index contributed by atoms with van der Waals surface area (Å²) in [5.74, 6) is -0.675. The fourth-order valence-corrected chi connectivity index (χ4v) is 2.78. The molecule has 0 N–H and O–H groups in total. The lowest BCUT2D eigenvalue weighted by molar-refractivity contribution is -0.139. The van der Waals surface area contributed by atoms with Crippen molar-refractivity contribution in [3.8, 4) is 11.5 Å². The van der Waals surface area contributed by atoms with Gasteiger partial charge in [-0.2, -0.15) is 8.78 Å². The highest BCUT2D eigenvalue weighted by Gasteiger charge is 2.11. The summed E-state index contributed by atoms with van der Waals surface area (Å²) in [5.41, 5.74) is 1.78. The normalized spacial score (nSPS) is 11.2. The van der Waals surface area contributed by atoms with Gasteiger partial charge in [-0.05, 0) is 42.8 Å². The topological polar surface area (TPSA) is 79.1 Å². The number of esters is 1. The van der Waals surface area contributed by atoms with Gasteiger partial charge in [0, 0.05) is 17.8 Å². The van der Waals surface area contributed by atoms with Crippen LogP contribution < -0.4 is 15.0 Å². The van der Waals surface area contributed by atoms with E-state index in [-0.39, 0.29) is 23.7 Å². The van der Waals surface area contributed by atoms with Crippen molar-refractivity contribution in [2.24, 2.45) is 0 Å². The van der Waals surface area contributed by atoms with Crippen LogP contribution in [0.15, 0.2) is 53.3 Å². The SMILES string of the molecule is COc1cc(/C=C/C(=O)OCc2cc(=O)n3c(C)cccc3n2)ccc1OC(F)F.